The third kappa shape index (κ3) is 5.56. The molecular formula is C6H11ClO3. The Hall–Kier alpha value is -0.570. The van der Waals surface area contributed by atoms with E-state index in [2.05, 4.69) is 4.74 Å². The molecule has 0 atom stereocenters. The van der Waals surface area contributed by atoms with Crippen LogP contribution >= 0.6 is 12.4 Å². The fourth-order valence-corrected chi connectivity index (χ4v) is 0.271. The maximum Gasteiger partial charge on any atom is 0.313 e. The van der Waals surface area contributed by atoms with Gasteiger partial charge in [-0.3, -0.25) is 9.59 Å². The van der Waals surface area contributed by atoms with E-state index >= 15 is 0 Å². The molecule has 0 aliphatic carbocycles. The van der Waals surface area contributed by atoms with Crippen LogP contribution in [0, 0.1) is 0 Å². The number of carbonyl (C=O) groups excluding carboxylic acids is 2. The van der Waals surface area contributed by atoms with Gasteiger partial charge in [0.1, 0.15) is 0 Å². The molecule has 10 heavy (non-hydrogen) atoms. The first-order valence-electron chi connectivity index (χ1n) is 2.94. The molecule has 0 amide bonds. The van der Waals surface area contributed by atoms with E-state index in [0.29, 0.717) is 0 Å². The second kappa shape index (κ2) is 6.55. The van der Waals surface area contributed by atoms with E-state index < -0.39 is 11.9 Å². The third-order valence-corrected chi connectivity index (χ3v) is 0.805. The van der Waals surface area contributed by atoms with Crippen LogP contribution in [0.3, 0.4) is 0 Å². The lowest BCUT2D eigenvalue weighted by atomic mass is 10.5. The lowest BCUT2D eigenvalue weighted by Gasteiger charge is -1.95. The number of carbonyl (C=O) groups is 2. The molecule has 0 bridgehead atoms. The maximum absolute atomic E-state index is 10.3. The van der Waals surface area contributed by atoms with Crippen LogP contribution in [0.4, 0.5) is 0 Å². The average Bonchev–Trinajstić information content (AvgIpc) is 1.87. The molecule has 3 nitrogen and oxygen atoms in total. The summed E-state index contributed by atoms with van der Waals surface area (Å²) in [6, 6.07) is 0. The van der Waals surface area contributed by atoms with Crippen LogP contribution in [0.1, 0.15) is 26.7 Å². The molecule has 4 heteroatoms. The molecule has 0 saturated heterocycles. The Morgan fingerprint density at radius 2 is 1.40 bits per heavy atom. The van der Waals surface area contributed by atoms with Crippen LogP contribution in [-0.2, 0) is 14.3 Å². The molecule has 60 valence electrons. The molecule has 0 fully saturated rings. The van der Waals surface area contributed by atoms with E-state index in [4.69, 9.17) is 0 Å². The van der Waals surface area contributed by atoms with Gasteiger partial charge in [0.15, 0.2) is 0 Å². The van der Waals surface area contributed by atoms with Crippen molar-refractivity contribution in [2.75, 3.05) is 0 Å². The molecule has 0 aliphatic rings. The summed E-state index contributed by atoms with van der Waals surface area (Å²) < 4.78 is 4.27. The molecule has 0 aromatic rings. The van der Waals surface area contributed by atoms with Crippen molar-refractivity contribution in [1.82, 2.24) is 0 Å². The minimum atomic E-state index is -0.457. The van der Waals surface area contributed by atoms with Crippen LogP contribution in [-0.4, -0.2) is 11.9 Å². The Bertz CT molecular complexity index is 108. The van der Waals surface area contributed by atoms with Gasteiger partial charge in [-0.15, -0.1) is 12.4 Å². The number of hydrogen-bond acceptors (Lipinski definition) is 3. The molecule has 0 unspecified atom stereocenters. The van der Waals surface area contributed by atoms with Gasteiger partial charge in [0.05, 0.1) is 0 Å². The second-order valence-electron chi connectivity index (χ2n) is 1.55. The molecule has 0 aromatic carbocycles. The summed E-state index contributed by atoms with van der Waals surface area (Å²) in [5.41, 5.74) is 0. The Morgan fingerprint density at radius 3 is 1.60 bits per heavy atom. The highest BCUT2D eigenvalue weighted by molar-refractivity contribution is 5.85. The van der Waals surface area contributed by atoms with Crippen molar-refractivity contribution in [3.63, 3.8) is 0 Å². The molecule has 0 radical (unpaired) electrons. The van der Waals surface area contributed by atoms with Crippen molar-refractivity contribution >= 4 is 24.3 Å². The molecule has 0 saturated carbocycles. The van der Waals surface area contributed by atoms with Crippen LogP contribution in [0.2, 0.25) is 0 Å². The van der Waals surface area contributed by atoms with Crippen LogP contribution in [0.25, 0.3) is 0 Å². The number of ether oxygens (including phenoxy) is 1. The monoisotopic (exact) mass is 166 g/mol. The van der Waals surface area contributed by atoms with Gasteiger partial charge in [0, 0.05) is 12.8 Å². The zero-order chi connectivity index (χ0) is 7.28. The summed E-state index contributed by atoms with van der Waals surface area (Å²) in [6.45, 7) is 3.29. The van der Waals surface area contributed by atoms with E-state index in [1.165, 1.54) is 0 Å². The topological polar surface area (TPSA) is 43.4 Å². The number of esters is 2. The number of hydrogen-bond donors (Lipinski definition) is 0. The van der Waals surface area contributed by atoms with Crippen LogP contribution in [0.15, 0.2) is 0 Å². The molecule has 0 spiro atoms. The minimum Gasteiger partial charge on any atom is -0.393 e. The smallest absolute Gasteiger partial charge is 0.313 e. The maximum atomic E-state index is 10.3. The van der Waals surface area contributed by atoms with E-state index in [1.54, 1.807) is 13.8 Å². The lowest BCUT2D eigenvalue weighted by molar-refractivity contribution is -0.159. The summed E-state index contributed by atoms with van der Waals surface area (Å²) >= 11 is 0. The van der Waals surface area contributed by atoms with E-state index in [0.717, 1.165) is 0 Å². The van der Waals surface area contributed by atoms with Crippen LogP contribution in [0.5, 0.6) is 0 Å². The predicted molar refractivity (Wildman–Crippen MR) is 38.9 cm³/mol. The summed E-state index contributed by atoms with van der Waals surface area (Å²) in [7, 11) is 0. The first kappa shape index (κ1) is 12.1. The number of rotatable bonds is 2. The minimum absolute atomic E-state index is 0. The summed E-state index contributed by atoms with van der Waals surface area (Å²) in [5, 5.41) is 0. The van der Waals surface area contributed by atoms with Crippen molar-refractivity contribution in [2.24, 2.45) is 0 Å². The number of halogens is 1. The van der Waals surface area contributed by atoms with Gasteiger partial charge < -0.3 is 4.74 Å². The fraction of sp³-hybridized carbons (Fsp3) is 0.667. The Morgan fingerprint density at radius 1 is 1.10 bits per heavy atom. The summed E-state index contributed by atoms with van der Waals surface area (Å²) in [4.78, 5) is 20.7. The Kier molecular flexibility index (Phi) is 7.95. The molecule has 0 aliphatic heterocycles. The Labute approximate surface area is 66.2 Å². The van der Waals surface area contributed by atoms with E-state index in [-0.39, 0.29) is 25.2 Å². The molecule has 0 aromatic heterocycles. The van der Waals surface area contributed by atoms with E-state index in [1.807, 2.05) is 0 Å². The SMILES string of the molecule is CCC(=O)OC(=O)CC.Cl. The molecule has 0 heterocycles. The zero-order valence-corrected chi connectivity index (χ0v) is 6.86. The van der Waals surface area contributed by atoms with Gasteiger partial charge >= 0.3 is 11.9 Å². The van der Waals surface area contributed by atoms with Gasteiger partial charge in [-0.05, 0) is 0 Å². The van der Waals surface area contributed by atoms with Crippen LogP contribution < -0.4 is 0 Å². The van der Waals surface area contributed by atoms with Gasteiger partial charge in [-0.1, -0.05) is 13.8 Å². The van der Waals surface area contributed by atoms with Crippen molar-refractivity contribution in [3.05, 3.63) is 0 Å². The molecule has 0 rings (SSSR count). The first-order chi connectivity index (χ1) is 4.20. The normalized spacial score (nSPS) is 7.80. The third-order valence-electron chi connectivity index (χ3n) is 0.805. The average molecular weight is 167 g/mol. The standard InChI is InChI=1S/C6H10O3.ClH/c1-3-5(7)9-6(8)4-2;/h3-4H2,1-2H3;1H. The first-order valence-corrected chi connectivity index (χ1v) is 2.94. The van der Waals surface area contributed by atoms with Gasteiger partial charge in [-0.25, -0.2) is 0 Å². The van der Waals surface area contributed by atoms with Gasteiger partial charge in [0.2, 0.25) is 0 Å². The second-order valence-corrected chi connectivity index (χ2v) is 1.55. The summed E-state index contributed by atoms with van der Waals surface area (Å²) in [5.74, 6) is -0.913. The molecular weight excluding hydrogens is 156 g/mol. The Balaban J connectivity index is 0. The zero-order valence-electron chi connectivity index (χ0n) is 6.05. The molecule has 0 N–H and O–H groups in total. The van der Waals surface area contributed by atoms with Crippen molar-refractivity contribution < 1.29 is 14.3 Å². The van der Waals surface area contributed by atoms with Crippen molar-refractivity contribution in [3.8, 4) is 0 Å². The summed E-state index contributed by atoms with van der Waals surface area (Å²) in [6.07, 6.45) is 0.511. The van der Waals surface area contributed by atoms with Crippen molar-refractivity contribution in [2.45, 2.75) is 26.7 Å². The highest BCUT2D eigenvalue weighted by atomic mass is 35.5. The van der Waals surface area contributed by atoms with Crippen molar-refractivity contribution in [1.29, 1.82) is 0 Å². The quantitative estimate of drug-likeness (QED) is 0.459. The predicted octanol–water partition coefficient (Wildman–Crippen LogP) is 1.30. The lowest BCUT2D eigenvalue weighted by Crippen LogP contribution is -2.09. The highest BCUT2D eigenvalue weighted by Gasteiger charge is 2.03. The van der Waals surface area contributed by atoms with E-state index in [9.17, 15) is 9.59 Å². The van der Waals surface area contributed by atoms with Gasteiger partial charge in [-0.2, -0.15) is 0 Å². The largest absolute Gasteiger partial charge is 0.393 e. The van der Waals surface area contributed by atoms with Gasteiger partial charge in [0.25, 0.3) is 0 Å². The highest BCUT2D eigenvalue weighted by Crippen LogP contribution is 1.88. The fourth-order valence-electron chi connectivity index (χ4n) is 0.271.